The number of thiazole rings is 1. The Kier molecular flexibility index (Phi) is 3.51. The molecule has 2 aromatic rings. The third-order valence-electron chi connectivity index (χ3n) is 3.34. The Labute approximate surface area is 120 Å². The summed E-state index contributed by atoms with van der Waals surface area (Å²) in [5.41, 5.74) is 6.79. The molecule has 3 heterocycles. The van der Waals surface area contributed by atoms with Crippen LogP contribution in [-0.2, 0) is 0 Å². The number of rotatable bonds is 2. The number of hydrogen-bond donors (Lipinski definition) is 1. The molecule has 0 atom stereocenters. The number of nitrogen functional groups attached to an aromatic ring is 1. The van der Waals surface area contributed by atoms with E-state index in [2.05, 4.69) is 14.9 Å². The van der Waals surface area contributed by atoms with Gasteiger partial charge in [-0.1, -0.05) is 0 Å². The standard InChI is InChI=1S/C13H15N5OS/c14-11-1-2-15-9-10(11)12(19)17-4-6-18(7-5-17)13-16-3-8-20-13/h1-3,8-9H,4-7H2,(H2,14,15). The van der Waals surface area contributed by atoms with Crippen LogP contribution < -0.4 is 10.6 Å². The minimum atomic E-state index is -0.0469. The molecule has 0 unspecified atom stereocenters. The van der Waals surface area contributed by atoms with E-state index in [-0.39, 0.29) is 5.91 Å². The average molecular weight is 289 g/mol. The first-order valence-electron chi connectivity index (χ1n) is 6.39. The van der Waals surface area contributed by atoms with Crippen LogP contribution in [0.25, 0.3) is 0 Å². The van der Waals surface area contributed by atoms with Crippen LogP contribution in [0.5, 0.6) is 0 Å². The van der Waals surface area contributed by atoms with Crippen molar-refractivity contribution in [3.63, 3.8) is 0 Å². The van der Waals surface area contributed by atoms with E-state index in [0.29, 0.717) is 24.3 Å². The highest BCUT2D eigenvalue weighted by Crippen LogP contribution is 2.20. The molecule has 0 aromatic carbocycles. The maximum Gasteiger partial charge on any atom is 0.257 e. The van der Waals surface area contributed by atoms with Crippen molar-refractivity contribution in [2.75, 3.05) is 36.8 Å². The predicted octanol–water partition coefficient (Wildman–Crippen LogP) is 1.08. The number of anilines is 2. The molecule has 2 aromatic heterocycles. The highest BCUT2D eigenvalue weighted by molar-refractivity contribution is 7.13. The van der Waals surface area contributed by atoms with Gasteiger partial charge in [0, 0.05) is 55.8 Å². The molecule has 0 aliphatic carbocycles. The summed E-state index contributed by atoms with van der Waals surface area (Å²) in [6.07, 6.45) is 4.92. The second-order valence-electron chi connectivity index (χ2n) is 4.56. The average Bonchev–Trinajstić information content (AvgIpc) is 3.01. The number of aromatic nitrogens is 2. The van der Waals surface area contributed by atoms with E-state index >= 15 is 0 Å². The van der Waals surface area contributed by atoms with E-state index < -0.39 is 0 Å². The van der Waals surface area contributed by atoms with E-state index in [0.717, 1.165) is 18.2 Å². The van der Waals surface area contributed by atoms with Crippen LogP contribution in [0.3, 0.4) is 0 Å². The Morgan fingerprint density at radius 2 is 2.05 bits per heavy atom. The molecule has 1 fully saturated rings. The Balaban J connectivity index is 1.66. The molecular formula is C13H15N5OS. The first-order valence-corrected chi connectivity index (χ1v) is 7.27. The minimum Gasteiger partial charge on any atom is -0.398 e. The van der Waals surface area contributed by atoms with Crippen molar-refractivity contribution in [3.05, 3.63) is 35.6 Å². The second kappa shape index (κ2) is 5.46. The van der Waals surface area contributed by atoms with Crippen molar-refractivity contribution < 1.29 is 4.79 Å². The van der Waals surface area contributed by atoms with Crippen LogP contribution in [0.4, 0.5) is 10.8 Å². The summed E-state index contributed by atoms with van der Waals surface area (Å²) in [5, 5.41) is 2.97. The number of nitrogens with zero attached hydrogens (tertiary/aromatic N) is 4. The molecular weight excluding hydrogens is 274 g/mol. The van der Waals surface area contributed by atoms with Gasteiger partial charge >= 0.3 is 0 Å². The molecule has 1 saturated heterocycles. The third-order valence-corrected chi connectivity index (χ3v) is 4.17. The van der Waals surface area contributed by atoms with Gasteiger partial charge in [-0.25, -0.2) is 4.98 Å². The summed E-state index contributed by atoms with van der Waals surface area (Å²) in [6.45, 7) is 2.93. The predicted molar refractivity (Wildman–Crippen MR) is 78.9 cm³/mol. The first kappa shape index (κ1) is 12.9. The van der Waals surface area contributed by atoms with Gasteiger partial charge in [0.15, 0.2) is 5.13 Å². The summed E-state index contributed by atoms with van der Waals surface area (Å²) in [5.74, 6) is -0.0469. The number of piperazine rings is 1. The molecule has 1 aliphatic rings. The zero-order valence-corrected chi connectivity index (χ0v) is 11.7. The summed E-state index contributed by atoms with van der Waals surface area (Å²) >= 11 is 1.62. The van der Waals surface area contributed by atoms with Gasteiger partial charge in [-0.15, -0.1) is 11.3 Å². The summed E-state index contributed by atoms with van der Waals surface area (Å²) in [4.78, 5) is 24.7. The first-order chi connectivity index (χ1) is 9.75. The Morgan fingerprint density at radius 1 is 1.25 bits per heavy atom. The highest BCUT2D eigenvalue weighted by atomic mass is 32.1. The minimum absolute atomic E-state index is 0.0469. The van der Waals surface area contributed by atoms with Gasteiger partial charge < -0.3 is 15.5 Å². The molecule has 1 aliphatic heterocycles. The summed E-state index contributed by atoms with van der Waals surface area (Å²) in [6, 6.07) is 1.65. The zero-order chi connectivity index (χ0) is 13.9. The second-order valence-corrected chi connectivity index (χ2v) is 5.43. The number of nitrogens with two attached hydrogens (primary N) is 1. The van der Waals surface area contributed by atoms with E-state index in [4.69, 9.17) is 5.73 Å². The number of hydrogen-bond acceptors (Lipinski definition) is 6. The van der Waals surface area contributed by atoms with Crippen LogP contribution in [0.15, 0.2) is 30.0 Å². The molecule has 1 amide bonds. The monoisotopic (exact) mass is 289 g/mol. The maximum atomic E-state index is 12.4. The lowest BCUT2D eigenvalue weighted by molar-refractivity contribution is 0.0747. The normalized spacial score (nSPS) is 15.4. The lowest BCUT2D eigenvalue weighted by Crippen LogP contribution is -2.48. The lowest BCUT2D eigenvalue weighted by atomic mass is 10.2. The lowest BCUT2D eigenvalue weighted by Gasteiger charge is -2.34. The number of amides is 1. The highest BCUT2D eigenvalue weighted by Gasteiger charge is 2.24. The van der Waals surface area contributed by atoms with Crippen molar-refractivity contribution in [2.24, 2.45) is 0 Å². The number of carbonyl (C=O) groups is 1. The van der Waals surface area contributed by atoms with Gasteiger partial charge in [-0.05, 0) is 6.07 Å². The fourth-order valence-electron chi connectivity index (χ4n) is 2.23. The van der Waals surface area contributed by atoms with Crippen LogP contribution in [-0.4, -0.2) is 47.0 Å². The van der Waals surface area contributed by atoms with Gasteiger partial charge in [0.05, 0.1) is 5.56 Å². The molecule has 20 heavy (non-hydrogen) atoms. The summed E-state index contributed by atoms with van der Waals surface area (Å²) in [7, 11) is 0. The fraction of sp³-hybridized carbons (Fsp3) is 0.308. The van der Waals surface area contributed by atoms with E-state index in [1.54, 1.807) is 29.8 Å². The van der Waals surface area contributed by atoms with Gasteiger partial charge in [0.2, 0.25) is 0 Å². The number of carbonyl (C=O) groups excluding carboxylic acids is 1. The quantitative estimate of drug-likeness (QED) is 0.895. The molecule has 0 spiro atoms. The van der Waals surface area contributed by atoms with Gasteiger partial charge in [-0.2, -0.15) is 0 Å². The van der Waals surface area contributed by atoms with Crippen molar-refractivity contribution in [1.29, 1.82) is 0 Å². The van der Waals surface area contributed by atoms with E-state index in [9.17, 15) is 4.79 Å². The van der Waals surface area contributed by atoms with Crippen molar-refractivity contribution in [1.82, 2.24) is 14.9 Å². The van der Waals surface area contributed by atoms with Crippen LogP contribution in [0.1, 0.15) is 10.4 Å². The molecule has 7 heteroatoms. The van der Waals surface area contributed by atoms with E-state index in [1.165, 1.54) is 6.20 Å². The Bertz CT molecular complexity index is 593. The van der Waals surface area contributed by atoms with Crippen LogP contribution in [0, 0.1) is 0 Å². The van der Waals surface area contributed by atoms with Crippen molar-refractivity contribution in [2.45, 2.75) is 0 Å². The number of pyridine rings is 1. The molecule has 104 valence electrons. The third kappa shape index (κ3) is 2.44. The summed E-state index contributed by atoms with van der Waals surface area (Å²) < 4.78 is 0. The largest absolute Gasteiger partial charge is 0.398 e. The fourth-order valence-corrected chi connectivity index (χ4v) is 2.92. The molecule has 0 radical (unpaired) electrons. The van der Waals surface area contributed by atoms with Crippen LogP contribution >= 0.6 is 11.3 Å². The molecule has 0 saturated carbocycles. The topological polar surface area (TPSA) is 75.3 Å². The van der Waals surface area contributed by atoms with Gasteiger partial charge in [0.1, 0.15) is 0 Å². The Morgan fingerprint density at radius 3 is 2.70 bits per heavy atom. The smallest absolute Gasteiger partial charge is 0.257 e. The van der Waals surface area contributed by atoms with Crippen LogP contribution in [0.2, 0.25) is 0 Å². The maximum absolute atomic E-state index is 12.4. The zero-order valence-electron chi connectivity index (χ0n) is 10.9. The van der Waals surface area contributed by atoms with Crippen molar-refractivity contribution in [3.8, 4) is 0 Å². The molecule has 6 nitrogen and oxygen atoms in total. The van der Waals surface area contributed by atoms with Gasteiger partial charge in [-0.3, -0.25) is 9.78 Å². The SMILES string of the molecule is Nc1ccncc1C(=O)N1CCN(c2nccs2)CC1. The Hall–Kier alpha value is -2.15. The molecule has 0 bridgehead atoms. The van der Waals surface area contributed by atoms with E-state index in [1.807, 2.05) is 10.3 Å². The molecule has 2 N–H and O–H groups in total. The van der Waals surface area contributed by atoms with Gasteiger partial charge in [0.25, 0.3) is 5.91 Å². The molecule has 3 rings (SSSR count). The van der Waals surface area contributed by atoms with Crippen molar-refractivity contribution >= 4 is 28.1 Å².